The molecule has 0 saturated carbocycles. The first-order chi connectivity index (χ1) is 13.8. The van der Waals surface area contributed by atoms with Crippen molar-refractivity contribution in [3.63, 3.8) is 0 Å². The minimum absolute atomic E-state index is 0.154. The fourth-order valence-electron chi connectivity index (χ4n) is 3.90. The van der Waals surface area contributed by atoms with Gasteiger partial charge in [-0.25, -0.2) is 4.98 Å². The molecule has 2 aromatic carbocycles. The number of carbonyl (C=O) groups is 1. The third kappa shape index (κ3) is 3.01. The Hall–Kier alpha value is -3.28. The van der Waals surface area contributed by atoms with E-state index in [1.54, 1.807) is 18.2 Å². The lowest BCUT2D eigenvalue weighted by molar-refractivity contribution is 0.0949. The number of hydrogen-bond acceptors (Lipinski definition) is 4. The van der Waals surface area contributed by atoms with Crippen molar-refractivity contribution in [2.45, 2.75) is 32.2 Å². The number of para-hydroxylation sites is 1. The van der Waals surface area contributed by atoms with Crippen molar-refractivity contribution >= 4 is 5.91 Å². The van der Waals surface area contributed by atoms with Gasteiger partial charge in [-0.1, -0.05) is 18.2 Å². The van der Waals surface area contributed by atoms with Gasteiger partial charge in [-0.3, -0.25) is 9.36 Å². The Bertz CT molecular complexity index is 1030. The van der Waals surface area contributed by atoms with Crippen LogP contribution in [0.3, 0.4) is 0 Å². The van der Waals surface area contributed by atoms with E-state index in [0.29, 0.717) is 23.6 Å². The molecule has 142 valence electrons. The van der Waals surface area contributed by atoms with E-state index in [9.17, 15) is 4.79 Å². The van der Waals surface area contributed by atoms with Gasteiger partial charge < -0.3 is 14.8 Å². The molecule has 1 aliphatic carbocycles. The quantitative estimate of drug-likeness (QED) is 0.759. The zero-order valence-electron chi connectivity index (χ0n) is 15.5. The van der Waals surface area contributed by atoms with Crippen LogP contribution in [0.1, 0.15) is 40.4 Å². The predicted molar refractivity (Wildman–Crippen MR) is 104 cm³/mol. The normalized spacial score (nSPS) is 14.6. The van der Waals surface area contributed by atoms with Crippen LogP contribution >= 0.6 is 0 Å². The summed E-state index contributed by atoms with van der Waals surface area (Å²) in [6, 6.07) is 15.5. The lowest BCUT2D eigenvalue weighted by Crippen LogP contribution is -2.24. The van der Waals surface area contributed by atoms with Gasteiger partial charge in [0.15, 0.2) is 11.5 Å². The molecule has 5 rings (SSSR count). The zero-order valence-corrected chi connectivity index (χ0v) is 15.5. The van der Waals surface area contributed by atoms with E-state index >= 15 is 0 Å². The molecule has 3 aromatic rings. The van der Waals surface area contributed by atoms with Crippen molar-refractivity contribution in [1.82, 2.24) is 14.9 Å². The number of ether oxygens (including phenoxy) is 2. The van der Waals surface area contributed by atoms with Crippen molar-refractivity contribution in [1.29, 1.82) is 0 Å². The molecule has 0 radical (unpaired) electrons. The first-order valence-corrected chi connectivity index (χ1v) is 9.62. The Morgan fingerprint density at radius 3 is 2.75 bits per heavy atom. The van der Waals surface area contributed by atoms with E-state index in [4.69, 9.17) is 14.5 Å². The molecule has 2 aliphatic rings. The van der Waals surface area contributed by atoms with Crippen LogP contribution in [0.4, 0.5) is 0 Å². The summed E-state index contributed by atoms with van der Waals surface area (Å²) in [6.45, 7) is 0.565. The van der Waals surface area contributed by atoms with Crippen molar-refractivity contribution < 1.29 is 14.3 Å². The topological polar surface area (TPSA) is 65.4 Å². The maximum absolute atomic E-state index is 12.7. The van der Waals surface area contributed by atoms with Crippen LogP contribution in [0.5, 0.6) is 11.5 Å². The maximum atomic E-state index is 12.7. The first-order valence-electron chi connectivity index (χ1n) is 9.62. The molecular formula is C22H21N3O3. The molecule has 0 fully saturated rings. The Kier molecular flexibility index (Phi) is 4.24. The van der Waals surface area contributed by atoms with Gasteiger partial charge in [0.2, 0.25) is 6.79 Å². The van der Waals surface area contributed by atoms with Gasteiger partial charge in [0.05, 0.1) is 12.2 Å². The number of hydrogen-bond donors (Lipinski definition) is 1. The lowest BCUT2D eigenvalue weighted by atomic mass is 10.0. The Labute approximate surface area is 163 Å². The number of rotatable bonds is 4. The molecular weight excluding hydrogens is 354 g/mol. The Balaban J connectivity index is 1.41. The minimum Gasteiger partial charge on any atom is -0.454 e. The molecule has 28 heavy (non-hydrogen) atoms. The number of nitrogens with zero attached hydrogens (tertiary/aromatic N) is 2. The molecule has 0 atom stereocenters. The standard InChI is InChI=1S/C22H21N3O3/c26-22(15-10-11-19-20(12-15)28-14-27-19)23-13-21-24-17-8-4-5-9-18(17)25(21)16-6-2-1-3-7-16/h1-3,6-7,10-12H,4-5,8-9,13-14H2,(H,23,26). The molecule has 1 aromatic heterocycles. The summed E-state index contributed by atoms with van der Waals surface area (Å²) < 4.78 is 12.9. The highest BCUT2D eigenvalue weighted by atomic mass is 16.7. The van der Waals surface area contributed by atoms with Gasteiger partial charge in [-0.2, -0.15) is 0 Å². The van der Waals surface area contributed by atoms with E-state index in [-0.39, 0.29) is 12.7 Å². The van der Waals surface area contributed by atoms with E-state index < -0.39 is 0 Å². The largest absolute Gasteiger partial charge is 0.454 e. The second-order valence-corrected chi connectivity index (χ2v) is 7.05. The second-order valence-electron chi connectivity index (χ2n) is 7.05. The Morgan fingerprint density at radius 1 is 1.04 bits per heavy atom. The van der Waals surface area contributed by atoms with Crippen LogP contribution in [0.2, 0.25) is 0 Å². The summed E-state index contributed by atoms with van der Waals surface area (Å²) in [4.78, 5) is 17.5. The molecule has 1 aliphatic heterocycles. The number of aromatic nitrogens is 2. The lowest BCUT2D eigenvalue weighted by Gasteiger charge is -2.15. The van der Waals surface area contributed by atoms with E-state index in [1.165, 1.54) is 18.5 Å². The van der Waals surface area contributed by atoms with Crippen LogP contribution in [0.25, 0.3) is 5.69 Å². The summed E-state index contributed by atoms with van der Waals surface area (Å²) in [7, 11) is 0. The van der Waals surface area contributed by atoms with Crippen LogP contribution in [0.15, 0.2) is 48.5 Å². The average molecular weight is 375 g/mol. The van der Waals surface area contributed by atoms with Gasteiger partial charge >= 0.3 is 0 Å². The predicted octanol–water partition coefficient (Wildman–Crippen LogP) is 3.41. The van der Waals surface area contributed by atoms with E-state index in [2.05, 4.69) is 22.0 Å². The highest BCUT2D eigenvalue weighted by molar-refractivity contribution is 5.94. The molecule has 0 unspecified atom stereocenters. The minimum atomic E-state index is -0.154. The van der Waals surface area contributed by atoms with Crippen LogP contribution < -0.4 is 14.8 Å². The number of imidazole rings is 1. The molecule has 1 N–H and O–H groups in total. The van der Waals surface area contributed by atoms with Crippen molar-refractivity contribution in [2.75, 3.05) is 6.79 Å². The van der Waals surface area contributed by atoms with Gasteiger partial charge in [0.1, 0.15) is 5.82 Å². The average Bonchev–Trinajstić information content (AvgIpc) is 3.36. The number of amides is 1. The fourth-order valence-corrected chi connectivity index (χ4v) is 3.90. The van der Waals surface area contributed by atoms with Crippen LogP contribution in [0, 0.1) is 0 Å². The monoisotopic (exact) mass is 375 g/mol. The SMILES string of the molecule is O=C(NCc1nc2c(n1-c1ccccc1)CCCC2)c1ccc2c(c1)OCO2. The van der Waals surface area contributed by atoms with Crippen molar-refractivity contribution in [2.24, 2.45) is 0 Å². The summed E-state index contributed by atoms with van der Waals surface area (Å²) in [5, 5.41) is 3.01. The van der Waals surface area contributed by atoms with Gasteiger partial charge in [-0.05, 0) is 56.0 Å². The molecule has 0 bridgehead atoms. The summed E-state index contributed by atoms with van der Waals surface area (Å²) in [5.74, 6) is 1.99. The molecule has 6 heteroatoms. The number of aryl methyl sites for hydroxylation is 1. The molecule has 2 heterocycles. The summed E-state index contributed by atoms with van der Waals surface area (Å²) in [5.41, 5.74) is 4.06. The van der Waals surface area contributed by atoms with Crippen LogP contribution in [-0.4, -0.2) is 22.3 Å². The van der Waals surface area contributed by atoms with Gasteiger partial charge in [-0.15, -0.1) is 0 Å². The second kappa shape index (κ2) is 7.03. The first kappa shape index (κ1) is 16.9. The van der Waals surface area contributed by atoms with E-state index in [0.717, 1.165) is 30.0 Å². The fraction of sp³-hybridized carbons (Fsp3) is 0.273. The third-order valence-corrected chi connectivity index (χ3v) is 5.26. The molecule has 0 saturated heterocycles. The van der Waals surface area contributed by atoms with Crippen molar-refractivity contribution in [3.05, 3.63) is 71.3 Å². The Morgan fingerprint density at radius 2 is 1.86 bits per heavy atom. The van der Waals surface area contributed by atoms with Gasteiger partial charge in [0.25, 0.3) is 5.91 Å². The smallest absolute Gasteiger partial charge is 0.251 e. The number of nitrogens with one attached hydrogen (secondary N) is 1. The summed E-state index contributed by atoms with van der Waals surface area (Å²) >= 11 is 0. The molecule has 0 spiro atoms. The molecule has 6 nitrogen and oxygen atoms in total. The highest BCUT2D eigenvalue weighted by Gasteiger charge is 2.22. The van der Waals surface area contributed by atoms with Gasteiger partial charge in [0, 0.05) is 16.9 Å². The number of carbonyl (C=O) groups excluding carboxylic acids is 1. The van der Waals surface area contributed by atoms with Crippen LogP contribution in [-0.2, 0) is 19.4 Å². The summed E-state index contributed by atoms with van der Waals surface area (Å²) in [6.07, 6.45) is 4.36. The third-order valence-electron chi connectivity index (χ3n) is 5.26. The number of benzene rings is 2. The van der Waals surface area contributed by atoms with Crippen molar-refractivity contribution in [3.8, 4) is 17.2 Å². The highest BCUT2D eigenvalue weighted by Crippen LogP contribution is 2.32. The number of fused-ring (bicyclic) bond motifs is 2. The molecule has 1 amide bonds. The van der Waals surface area contributed by atoms with E-state index in [1.807, 2.05) is 18.2 Å². The zero-order chi connectivity index (χ0) is 18.9. The maximum Gasteiger partial charge on any atom is 0.251 e.